The lowest BCUT2D eigenvalue weighted by atomic mass is 10.3. The average molecular weight is 314 g/mol. The molecular formula is C12H16BrN3O2. The first-order chi connectivity index (χ1) is 8.49. The van der Waals surface area contributed by atoms with Crippen molar-refractivity contribution < 1.29 is 9.59 Å². The molecule has 0 bridgehead atoms. The van der Waals surface area contributed by atoms with Crippen molar-refractivity contribution in [3.05, 3.63) is 28.7 Å². The molecule has 0 spiro atoms. The van der Waals surface area contributed by atoms with E-state index in [1.807, 2.05) is 12.1 Å². The minimum absolute atomic E-state index is 0.151. The molecule has 0 aliphatic rings. The number of rotatable bonds is 5. The number of hydrogen-bond donors (Lipinski definition) is 3. The quantitative estimate of drug-likeness (QED) is 0.764. The fourth-order valence-electron chi connectivity index (χ4n) is 1.22. The highest BCUT2D eigenvalue weighted by atomic mass is 79.9. The van der Waals surface area contributed by atoms with Gasteiger partial charge in [-0.15, -0.1) is 0 Å². The van der Waals surface area contributed by atoms with E-state index in [-0.39, 0.29) is 24.8 Å². The van der Waals surface area contributed by atoms with Gasteiger partial charge in [-0.2, -0.15) is 0 Å². The van der Waals surface area contributed by atoms with E-state index in [2.05, 4.69) is 26.6 Å². The third-order valence-corrected chi connectivity index (χ3v) is 2.72. The van der Waals surface area contributed by atoms with E-state index in [1.165, 1.54) is 0 Å². The largest absolute Gasteiger partial charge is 0.354 e. The molecule has 0 saturated carbocycles. The van der Waals surface area contributed by atoms with Gasteiger partial charge in [0.25, 0.3) is 0 Å². The Hall–Kier alpha value is -1.40. The summed E-state index contributed by atoms with van der Waals surface area (Å²) in [5.41, 5.74) is 6.10. The van der Waals surface area contributed by atoms with Gasteiger partial charge >= 0.3 is 0 Å². The highest BCUT2D eigenvalue weighted by Crippen LogP contribution is 2.14. The summed E-state index contributed by atoms with van der Waals surface area (Å²) in [5, 5.41) is 5.31. The van der Waals surface area contributed by atoms with Crippen LogP contribution in [0, 0.1) is 0 Å². The van der Waals surface area contributed by atoms with Crippen LogP contribution in [0.3, 0.4) is 0 Å². The number of anilines is 1. The predicted octanol–water partition coefficient (Wildman–Crippen LogP) is 1.24. The second kappa shape index (κ2) is 7.13. The van der Waals surface area contributed by atoms with Crippen molar-refractivity contribution >= 4 is 33.4 Å². The Bertz CT molecular complexity index is 418. The summed E-state index contributed by atoms with van der Waals surface area (Å²) in [4.78, 5) is 22.7. The molecule has 0 heterocycles. The first-order valence-corrected chi connectivity index (χ1v) is 6.37. The first kappa shape index (κ1) is 14.7. The number of hydrogen-bond acceptors (Lipinski definition) is 3. The first-order valence-electron chi connectivity index (χ1n) is 5.58. The van der Waals surface area contributed by atoms with E-state index in [0.717, 1.165) is 10.2 Å². The van der Waals surface area contributed by atoms with Crippen LogP contribution >= 0.6 is 15.9 Å². The Morgan fingerprint density at radius 2 is 1.94 bits per heavy atom. The zero-order valence-electron chi connectivity index (χ0n) is 10.1. The SMILES string of the molecule is C[C@H](N)C(=O)NCCC(=O)Nc1ccc(Br)cc1. The third kappa shape index (κ3) is 5.29. The molecule has 0 radical (unpaired) electrons. The number of nitrogens with one attached hydrogen (secondary N) is 2. The molecule has 2 amide bonds. The fraction of sp³-hybridized carbons (Fsp3) is 0.333. The van der Waals surface area contributed by atoms with Gasteiger partial charge in [0.2, 0.25) is 11.8 Å². The summed E-state index contributed by atoms with van der Waals surface area (Å²) in [6.07, 6.45) is 0.217. The summed E-state index contributed by atoms with van der Waals surface area (Å²) in [7, 11) is 0. The lowest BCUT2D eigenvalue weighted by Gasteiger charge is -2.08. The molecule has 4 N–H and O–H groups in total. The predicted molar refractivity (Wildman–Crippen MR) is 74.0 cm³/mol. The molecule has 6 heteroatoms. The molecule has 0 fully saturated rings. The van der Waals surface area contributed by atoms with Crippen LogP contribution in [-0.4, -0.2) is 24.4 Å². The van der Waals surface area contributed by atoms with Gasteiger partial charge < -0.3 is 16.4 Å². The van der Waals surface area contributed by atoms with Crippen molar-refractivity contribution in [2.45, 2.75) is 19.4 Å². The Kier molecular flexibility index (Phi) is 5.80. The standard InChI is InChI=1S/C12H16BrN3O2/c1-8(14)12(18)15-7-6-11(17)16-10-4-2-9(13)3-5-10/h2-5,8H,6-7,14H2,1H3,(H,15,18)(H,16,17)/t8-/m0/s1. The molecule has 98 valence electrons. The monoisotopic (exact) mass is 313 g/mol. The topological polar surface area (TPSA) is 84.2 Å². The van der Waals surface area contributed by atoms with Gasteiger partial charge in [-0.25, -0.2) is 0 Å². The number of amides is 2. The minimum Gasteiger partial charge on any atom is -0.354 e. The lowest BCUT2D eigenvalue weighted by molar-refractivity contribution is -0.122. The number of carbonyl (C=O) groups excluding carboxylic acids is 2. The van der Waals surface area contributed by atoms with E-state index < -0.39 is 6.04 Å². The Balaban J connectivity index is 2.30. The molecule has 0 aliphatic heterocycles. The second-order valence-electron chi connectivity index (χ2n) is 3.88. The molecule has 1 aromatic rings. The fourth-order valence-corrected chi connectivity index (χ4v) is 1.48. The van der Waals surface area contributed by atoms with Crippen molar-refractivity contribution in [3.8, 4) is 0 Å². The van der Waals surface area contributed by atoms with Gasteiger partial charge in [0.1, 0.15) is 0 Å². The summed E-state index contributed by atoms with van der Waals surface area (Å²) in [5.74, 6) is -0.409. The van der Waals surface area contributed by atoms with E-state index in [1.54, 1.807) is 19.1 Å². The highest BCUT2D eigenvalue weighted by Gasteiger charge is 2.07. The van der Waals surface area contributed by atoms with Crippen LogP contribution in [-0.2, 0) is 9.59 Å². The summed E-state index contributed by atoms with van der Waals surface area (Å²) in [6.45, 7) is 1.87. The van der Waals surface area contributed by atoms with Crippen molar-refractivity contribution in [2.24, 2.45) is 5.73 Å². The number of carbonyl (C=O) groups is 2. The van der Waals surface area contributed by atoms with Crippen LogP contribution in [0.2, 0.25) is 0 Å². The Morgan fingerprint density at radius 3 is 2.50 bits per heavy atom. The zero-order chi connectivity index (χ0) is 13.5. The van der Waals surface area contributed by atoms with E-state index in [9.17, 15) is 9.59 Å². The summed E-state index contributed by atoms with van der Waals surface area (Å²) >= 11 is 3.31. The Morgan fingerprint density at radius 1 is 1.33 bits per heavy atom. The maximum atomic E-state index is 11.5. The molecule has 1 aromatic carbocycles. The highest BCUT2D eigenvalue weighted by molar-refractivity contribution is 9.10. The average Bonchev–Trinajstić information content (AvgIpc) is 2.32. The third-order valence-electron chi connectivity index (χ3n) is 2.19. The van der Waals surface area contributed by atoms with Crippen molar-refractivity contribution in [2.75, 3.05) is 11.9 Å². The molecule has 0 saturated heterocycles. The van der Waals surface area contributed by atoms with Crippen LogP contribution in [0.15, 0.2) is 28.7 Å². The van der Waals surface area contributed by atoms with Crippen LogP contribution in [0.5, 0.6) is 0 Å². The van der Waals surface area contributed by atoms with Crippen LogP contribution in [0.4, 0.5) is 5.69 Å². The van der Waals surface area contributed by atoms with Crippen molar-refractivity contribution in [1.29, 1.82) is 0 Å². The van der Waals surface area contributed by atoms with Crippen LogP contribution in [0.1, 0.15) is 13.3 Å². The van der Waals surface area contributed by atoms with Gasteiger partial charge in [-0.1, -0.05) is 15.9 Å². The second-order valence-corrected chi connectivity index (χ2v) is 4.80. The van der Waals surface area contributed by atoms with Crippen molar-refractivity contribution in [3.63, 3.8) is 0 Å². The summed E-state index contributed by atoms with van der Waals surface area (Å²) < 4.78 is 0.949. The molecule has 0 unspecified atom stereocenters. The van der Waals surface area contributed by atoms with Gasteiger partial charge in [-0.3, -0.25) is 9.59 Å². The molecule has 1 rings (SSSR count). The lowest BCUT2D eigenvalue weighted by Crippen LogP contribution is -2.39. The summed E-state index contributed by atoms with van der Waals surface area (Å²) in [6, 6.07) is 6.71. The van der Waals surface area contributed by atoms with Gasteiger partial charge in [-0.05, 0) is 31.2 Å². The molecule has 0 aliphatic carbocycles. The molecule has 1 atom stereocenters. The Labute approximate surface area is 114 Å². The number of nitrogens with two attached hydrogens (primary N) is 1. The van der Waals surface area contributed by atoms with Gasteiger partial charge in [0.05, 0.1) is 6.04 Å². The molecule has 18 heavy (non-hydrogen) atoms. The van der Waals surface area contributed by atoms with E-state index in [0.29, 0.717) is 0 Å². The smallest absolute Gasteiger partial charge is 0.236 e. The van der Waals surface area contributed by atoms with Crippen LogP contribution < -0.4 is 16.4 Å². The zero-order valence-corrected chi connectivity index (χ0v) is 11.7. The normalized spacial score (nSPS) is 11.7. The van der Waals surface area contributed by atoms with Gasteiger partial charge in [0, 0.05) is 23.1 Å². The van der Waals surface area contributed by atoms with Crippen LogP contribution in [0.25, 0.3) is 0 Å². The number of halogens is 1. The van der Waals surface area contributed by atoms with E-state index in [4.69, 9.17) is 5.73 Å². The van der Waals surface area contributed by atoms with Crippen molar-refractivity contribution in [1.82, 2.24) is 5.32 Å². The van der Waals surface area contributed by atoms with E-state index >= 15 is 0 Å². The molecular weight excluding hydrogens is 298 g/mol. The van der Waals surface area contributed by atoms with Gasteiger partial charge in [0.15, 0.2) is 0 Å². The molecule has 5 nitrogen and oxygen atoms in total. The minimum atomic E-state index is -0.556. The maximum absolute atomic E-state index is 11.5. The maximum Gasteiger partial charge on any atom is 0.236 e. The number of benzene rings is 1. The molecule has 0 aromatic heterocycles.